The van der Waals surface area contributed by atoms with Crippen molar-refractivity contribution in [2.75, 3.05) is 0 Å². The van der Waals surface area contributed by atoms with Crippen LogP contribution in [0.4, 0.5) is 0 Å². The Morgan fingerprint density at radius 3 is 1.05 bits per heavy atom. The minimum absolute atomic E-state index is 0.174. The van der Waals surface area contributed by atoms with E-state index in [1.54, 1.807) is 0 Å². The molecular formula is C16H22N2O4. The highest BCUT2D eigenvalue weighted by Gasteiger charge is 2.60. The van der Waals surface area contributed by atoms with E-state index in [-0.39, 0.29) is 35.7 Å². The second-order valence-corrected chi connectivity index (χ2v) is 7.18. The Balaban J connectivity index is 1.90. The van der Waals surface area contributed by atoms with Crippen LogP contribution in [0.1, 0.15) is 40.5 Å². The number of likely N-dealkylation sites (tertiary alicyclic amines) is 2. The fourth-order valence-electron chi connectivity index (χ4n) is 4.25. The van der Waals surface area contributed by atoms with Crippen LogP contribution in [0.5, 0.6) is 0 Å². The van der Waals surface area contributed by atoms with Crippen LogP contribution in [-0.4, -0.2) is 45.5 Å². The van der Waals surface area contributed by atoms with Crippen molar-refractivity contribution in [2.45, 2.75) is 52.6 Å². The molecule has 1 aliphatic carbocycles. The monoisotopic (exact) mass is 306 g/mol. The second-order valence-electron chi connectivity index (χ2n) is 7.18. The maximum atomic E-state index is 12.5. The minimum Gasteiger partial charge on any atom is -0.280 e. The van der Waals surface area contributed by atoms with Gasteiger partial charge in [-0.3, -0.25) is 29.0 Å². The Hall–Kier alpha value is -1.72. The van der Waals surface area contributed by atoms with E-state index in [2.05, 4.69) is 0 Å². The van der Waals surface area contributed by atoms with Crippen LogP contribution < -0.4 is 0 Å². The molecule has 0 bridgehead atoms. The highest BCUT2D eigenvalue weighted by atomic mass is 16.2. The molecule has 3 aliphatic rings. The number of imide groups is 2. The average molecular weight is 306 g/mol. The lowest BCUT2D eigenvalue weighted by atomic mass is 9.70. The van der Waals surface area contributed by atoms with E-state index < -0.39 is 23.7 Å². The van der Waals surface area contributed by atoms with E-state index >= 15 is 0 Å². The Labute approximate surface area is 129 Å². The third-order valence-electron chi connectivity index (χ3n) is 5.24. The molecule has 0 radical (unpaired) electrons. The lowest BCUT2D eigenvalue weighted by molar-refractivity contribution is -0.142. The molecule has 120 valence electrons. The Bertz CT molecular complexity index is 478. The standard InChI is InChI=1S/C16H22N2O4/c1-7(2)17-13(19)9-5-11-12(6-10(9)14(17)20)16(22)18(8(3)4)15(11)21/h7-12H,5-6H2,1-4H3. The Kier molecular flexibility index (Phi) is 3.38. The van der Waals surface area contributed by atoms with Gasteiger partial charge in [-0.1, -0.05) is 0 Å². The largest absolute Gasteiger partial charge is 0.280 e. The van der Waals surface area contributed by atoms with Crippen molar-refractivity contribution in [1.82, 2.24) is 9.80 Å². The van der Waals surface area contributed by atoms with Gasteiger partial charge < -0.3 is 0 Å². The third kappa shape index (κ3) is 1.85. The Morgan fingerprint density at radius 2 is 0.864 bits per heavy atom. The molecule has 6 heteroatoms. The first-order valence-corrected chi connectivity index (χ1v) is 7.99. The predicted molar refractivity (Wildman–Crippen MR) is 77.2 cm³/mol. The summed E-state index contributed by atoms with van der Waals surface area (Å²) in [6.07, 6.45) is 0.661. The maximum absolute atomic E-state index is 12.5. The molecule has 3 rings (SSSR count). The average Bonchev–Trinajstić information content (AvgIpc) is 2.82. The van der Waals surface area contributed by atoms with Crippen molar-refractivity contribution in [1.29, 1.82) is 0 Å². The zero-order valence-corrected chi connectivity index (χ0v) is 13.4. The summed E-state index contributed by atoms with van der Waals surface area (Å²) in [6.45, 7) is 7.24. The number of fused-ring (bicyclic) bond motifs is 2. The summed E-state index contributed by atoms with van der Waals surface area (Å²) in [4.78, 5) is 52.5. The van der Waals surface area contributed by atoms with E-state index in [9.17, 15) is 19.2 Å². The van der Waals surface area contributed by atoms with Crippen molar-refractivity contribution >= 4 is 23.6 Å². The first-order chi connectivity index (χ1) is 10.3. The molecule has 2 heterocycles. The van der Waals surface area contributed by atoms with Crippen molar-refractivity contribution in [3.63, 3.8) is 0 Å². The third-order valence-corrected chi connectivity index (χ3v) is 5.24. The van der Waals surface area contributed by atoms with Crippen LogP contribution in [-0.2, 0) is 19.2 Å². The van der Waals surface area contributed by atoms with Crippen molar-refractivity contribution in [2.24, 2.45) is 23.7 Å². The second kappa shape index (κ2) is 4.89. The van der Waals surface area contributed by atoms with Crippen LogP contribution >= 0.6 is 0 Å². The molecule has 4 unspecified atom stereocenters. The van der Waals surface area contributed by atoms with Crippen LogP contribution in [0.15, 0.2) is 0 Å². The topological polar surface area (TPSA) is 74.8 Å². The summed E-state index contributed by atoms with van der Waals surface area (Å²) in [7, 11) is 0. The van der Waals surface area contributed by atoms with Gasteiger partial charge in [0.05, 0.1) is 23.7 Å². The summed E-state index contributed by atoms with van der Waals surface area (Å²) in [5.41, 5.74) is 0. The van der Waals surface area contributed by atoms with Crippen LogP contribution in [0.3, 0.4) is 0 Å². The molecule has 4 atom stereocenters. The van der Waals surface area contributed by atoms with Gasteiger partial charge in [0.1, 0.15) is 0 Å². The lowest BCUT2D eigenvalue weighted by Gasteiger charge is -2.28. The van der Waals surface area contributed by atoms with E-state index in [0.29, 0.717) is 12.8 Å². The fourth-order valence-corrected chi connectivity index (χ4v) is 4.25. The molecule has 3 fully saturated rings. The van der Waals surface area contributed by atoms with Gasteiger partial charge in [-0.05, 0) is 40.5 Å². The molecule has 2 aliphatic heterocycles. The van der Waals surface area contributed by atoms with E-state index in [0.717, 1.165) is 0 Å². The smallest absolute Gasteiger partial charge is 0.233 e. The van der Waals surface area contributed by atoms with Gasteiger partial charge in [-0.15, -0.1) is 0 Å². The number of nitrogens with zero attached hydrogens (tertiary/aromatic N) is 2. The number of hydrogen-bond acceptors (Lipinski definition) is 4. The highest BCUT2D eigenvalue weighted by Crippen LogP contribution is 2.48. The molecule has 22 heavy (non-hydrogen) atoms. The van der Waals surface area contributed by atoms with Gasteiger partial charge in [0.25, 0.3) is 0 Å². The summed E-state index contributed by atoms with van der Waals surface area (Å²) in [6, 6.07) is -0.354. The summed E-state index contributed by atoms with van der Waals surface area (Å²) < 4.78 is 0. The minimum atomic E-state index is -0.431. The van der Waals surface area contributed by atoms with Crippen molar-refractivity contribution in [3.05, 3.63) is 0 Å². The number of amides is 4. The van der Waals surface area contributed by atoms with Gasteiger partial charge in [0, 0.05) is 12.1 Å². The zero-order chi connectivity index (χ0) is 16.3. The van der Waals surface area contributed by atoms with Gasteiger partial charge in [-0.25, -0.2) is 0 Å². The number of carbonyl (C=O) groups is 4. The molecule has 0 aromatic rings. The molecule has 2 saturated heterocycles. The van der Waals surface area contributed by atoms with E-state index in [1.165, 1.54) is 9.80 Å². The first-order valence-electron chi connectivity index (χ1n) is 7.99. The van der Waals surface area contributed by atoms with Gasteiger partial charge in [-0.2, -0.15) is 0 Å². The highest BCUT2D eigenvalue weighted by molar-refractivity contribution is 6.09. The van der Waals surface area contributed by atoms with Crippen molar-refractivity contribution in [3.8, 4) is 0 Å². The number of rotatable bonds is 2. The van der Waals surface area contributed by atoms with E-state index in [1.807, 2.05) is 27.7 Å². The predicted octanol–water partition coefficient (Wildman–Crippen LogP) is 0.799. The van der Waals surface area contributed by atoms with Crippen LogP contribution in [0, 0.1) is 23.7 Å². The first kappa shape index (κ1) is 15.2. The molecule has 6 nitrogen and oxygen atoms in total. The summed E-state index contributed by atoms with van der Waals surface area (Å²) in [5.74, 6) is -2.42. The maximum Gasteiger partial charge on any atom is 0.233 e. The lowest BCUT2D eigenvalue weighted by Crippen LogP contribution is -2.38. The van der Waals surface area contributed by atoms with Crippen LogP contribution in [0.2, 0.25) is 0 Å². The van der Waals surface area contributed by atoms with Gasteiger partial charge >= 0.3 is 0 Å². The fraction of sp³-hybridized carbons (Fsp3) is 0.750. The van der Waals surface area contributed by atoms with Gasteiger partial charge in [0.15, 0.2) is 0 Å². The number of hydrogen-bond donors (Lipinski definition) is 0. The molecular weight excluding hydrogens is 284 g/mol. The zero-order valence-electron chi connectivity index (χ0n) is 13.4. The molecule has 0 spiro atoms. The normalized spacial score (nSPS) is 35.0. The summed E-state index contributed by atoms with van der Waals surface area (Å²) >= 11 is 0. The molecule has 0 aromatic carbocycles. The molecule has 1 saturated carbocycles. The van der Waals surface area contributed by atoms with Gasteiger partial charge in [0.2, 0.25) is 23.6 Å². The van der Waals surface area contributed by atoms with E-state index in [4.69, 9.17) is 0 Å². The van der Waals surface area contributed by atoms with Crippen LogP contribution in [0.25, 0.3) is 0 Å². The molecule has 4 amide bonds. The Morgan fingerprint density at radius 1 is 0.636 bits per heavy atom. The molecule has 0 aromatic heterocycles. The summed E-state index contributed by atoms with van der Waals surface area (Å²) in [5, 5.41) is 0. The van der Waals surface area contributed by atoms with Crippen molar-refractivity contribution < 1.29 is 19.2 Å². The molecule has 0 N–H and O–H groups in total. The number of carbonyl (C=O) groups excluding carboxylic acids is 4. The quantitative estimate of drug-likeness (QED) is 0.707. The SMILES string of the molecule is CC(C)N1C(=O)C2CC3C(=O)N(C(C)C)C(=O)C3CC2C1=O.